The van der Waals surface area contributed by atoms with Crippen molar-refractivity contribution in [1.29, 1.82) is 0 Å². The first kappa shape index (κ1) is 17.5. The molecule has 3 rings (SSSR count). The molecule has 1 amide bonds. The Kier molecular flexibility index (Phi) is 5.75. The number of phenols is 1. The number of aryl methyl sites for hydroxylation is 1. The van der Waals surface area contributed by atoms with Gasteiger partial charge in [0.1, 0.15) is 5.75 Å². The second-order valence-corrected chi connectivity index (χ2v) is 7.08. The van der Waals surface area contributed by atoms with E-state index < -0.39 is 0 Å². The van der Waals surface area contributed by atoms with E-state index in [4.69, 9.17) is 0 Å². The molecule has 0 unspecified atom stereocenters. The van der Waals surface area contributed by atoms with Crippen LogP contribution in [0.5, 0.6) is 5.75 Å². The van der Waals surface area contributed by atoms with Crippen LogP contribution >= 0.6 is 0 Å². The summed E-state index contributed by atoms with van der Waals surface area (Å²) in [6.45, 7) is 1.89. The van der Waals surface area contributed by atoms with Crippen LogP contribution in [0.2, 0.25) is 0 Å². The lowest BCUT2D eigenvalue weighted by Crippen LogP contribution is -2.36. The Labute approximate surface area is 150 Å². The van der Waals surface area contributed by atoms with E-state index in [-0.39, 0.29) is 11.8 Å². The van der Waals surface area contributed by atoms with E-state index in [1.54, 1.807) is 0 Å². The summed E-state index contributed by atoms with van der Waals surface area (Å²) in [5.74, 6) is 0.230. The molecule has 0 saturated heterocycles. The van der Waals surface area contributed by atoms with Gasteiger partial charge in [0.25, 0.3) is 0 Å². The van der Waals surface area contributed by atoms with Crippen LogP contribution in [0.1, 0.15) is 61.1 Å². The fourth-order valence-corrected chi connectivity index (χ4v) is 3.77. The summed E-state index contributed by atoms with van der Waals surface area (Å²) in [5.41, 5.74) is 2.72. The van der Waals surface area contributed by atoms with E-state index in [9.17, 15) is 9.90 Å². The largest absolute Gasteiger partial charge is 0.507 e. The molecule has 1 saturated carbocycles. The summed E-state index contributed by atoms with van der Waals surface area (Å²) in [6, 6.07) is 16.1. The minimum Gasteiger partial charge on any atom is -0.507 e. The van der Waals surface area contributed by atoms with Crippen LogP contribution in [0.4, 0.5) is 0 Å². The number of hydrogen-bond donors (Lipinski definition) is 2. The number of para-hydroxylation sites is 1. The quantitative estimate of drug-likeness (QED) is 0.833. The van der Waals surface area contributed by atoms with Gasteiger partial charge in [0, 0.05) is 23.9 Å². The van der Waals surface area contributed by atoms with Crippen molar-refractivity contribution in [3.63, 3.8) is 0 Å². The van der Waals surface area contributed by atoms with Crippen molar-refractivity contribution >= 4 is 5.91 Å². The molecule has 0 aliphatic heterocycles. The number of carbonyl (C=O) groups excluding carboxylic acids is 1. The Morgan fingerprint density at radius 2 is 1.80 bits per heavy atom. The van der Waals surface area contributed by atoms with Crippen LogP contribution in [0.15, 0.2) is 48.5 Å². The molecule has 2 aromatic rings. The van der Waals surface area contributed by atoms with Crippen LogP contribution < -0.4 is 5.32 Å². The summed E-state index contributed by atoms with van der Waals surface area (Å²) < 4.78 is 0. The second kappa shape index (κ2) is 8.19. The summed E-state index contributed by atoms with van der Waals surface area (Å²) >= 11 is 0. The van der Waals surface area contributed by atoms with Gasteiger partial charge in [0.2, 0.25) is 5.91 Å². The molecule has 1 aliphatic carbocycles. The fraction of sp³-hybridized carbons (Fsp3) is 0.409. The first-order valence-corrected chi connectivity index (χ1v) is 9.28. The van der Waals surface area contributed by atoms with Gasteiger partial charge < -0.3 is 10.4 Å². The molecule has 1 atom stereocenters. The summed E-state index contributed by atoms with van der Waals surface area (Å²) in [6.07, 6.45) is 6.19. The molecule has 3 heteroatoms. The van der Waals surface area contributed by atoms with E-state index in [0.29, 0.717) is 18.2 Å². The summed E-state index contributed by atoms with van der Waals surface area (Å²) in [5, 5.41) is 13.7. The third-order valence-electron chi connectivity index (χ3n) is 5.21. The Balaban J connectivity index is 1.82. The van der Waals surface area contributed by atoms with Gasteiger partial charge in [-0.15, -0.1) is 0 Å². The average Bonchev–Trinajstić information content (AvgIpc) is 2.64. The van der Waals surface area contributed by atoms with Crippen molar-refractivity contribution in [3.05, 3.63) is 65.2 Å². The number of benzene rings is 2. The fourth-order valence-electron chi connectivity index (χ4n) is 3.77. The molecule has 25 heavy (non-hydrogen) atoms. The van der Waals surface area contributed by atoms with Gasteiger partial charge in [-0.2, -0.15) is 0 Å². The molecule has 0 spiro atoms. The molecule has 1 fully saturated rings. The number of phenolic OH excluding ortho intramolecular Hbond substituents is 1. The standard InChI is InChI=1S/C22H27NO2/c1-16-9-8-14-19(22(16)25)20(17-10-4-2-5-11-17)15-21(24)23-18-12-6-3-7-13-18/h2,4-5,8-11,14,18,20,25H,3,6-7,12-13,15H2,1H3,(H,23,24)/t20-/m1/s1. The smallest absolute Gasteiger partial charge is 0.221 e. The van der Waals surface area contributed by atoms with E-state index in [2.05, 4.69) is 5.32 Å². The van der Waals surface area contributed by atoms with Gasteiger partial charge >= 0.3 is 0 Å². The predicted octanol–water partition coefficient (Wildman–Crippen LogP) is 4.67. The van der Waals surface area contributed by atoms with E-state index >= 15 is 0 Å². The maximum atomic E-state index is 12.7. The Morgan fingerprint density at radius 1 is 1.08 bits per heavy atom. The predicted molar refractivity (Wildman–Crippen MR) is 101 cm³/mol. The van der Waals surface area contributed by atoms with Crippen LogP contribution in [-0.4, -0.2) is 17.1 Å². The van der Waals surface area contributed by atoms with Gasteiger partial charge in [-0.05, 0) is 30.9 Å². The van der Waals surface area contributed by atoms with Gasteiger partial charge in [-0.3, -0.25) is 4.79 Å². The highest BCUT2D eigenvalue weighted by molar-refractivity contribution is 5.78. The van der Waals surface area contributed by atoms with E-state index in [1.165, 1.54) is 19.3 Å². The molecule has 2 N–H and O–H groups in total. The number of rotatable bonds is 5. The van der Waals surface area contributed by atoms with Crippen LogP contribution in [0, 0.1) is 6.92 Å². The summed E-state index contributed by atoms with van der Waals surface area (Å²) in [7, 11) is 0. The molecule has 0 heterocycles. The van der Waals surface area contributed by atoms with Crippen molar-refractivity contribution in [3.8, 4) is 5.75 Å². The number of nitrogens with one attached hydrogen (secondary N) is 1. The van der Waals surface area contributed by atoms with Crippen molar-refractivity contribution in [2.75, 3.05) is 0 Å². The van der Waals surface area contributed by atoms with Gasteiger partial charge in [-0.25, -0.2) is 0 Å². The zero-order valence-electron chi connectivity index (χ0n) is 14.9. The Morgan fingerprint density at radius 3 is 2.52 bits per heavy atom. The zero-order valence-corrected chi connectivity index (χ0v) is 14.9. The number of aromatic hydroxyl groups is 1. The number of amides is 1. The molecule has 1 aliphatic rings. The molecule has 0 radical (unpaired) electrons. The Hall–Kier alpha value is -2.29. The normalized spacial score (nSPS) is 16.4. The molecule has 0 aromatic heterocycles. The highest BCUT2D eigenvalue weighted by Gasteiger charge is 2.23. The van der Waals surface area contributed by atoms with Gasteiger partial charge in [-0.1, -0.05) is 67.8 Å². The lowest BCUT2D eigenvalue weighted by Gasteiger charge is -2.25. The SMILES string of the molecule is Cc1cccc([C@H](CC(=O)NC2CCCCC2)c2ccccc2)c1O. The second-order valence-electron chi connectivity index (χ2n) is 7.08. The van der Waals surface area contributed by atoms with Crippen molar-refractivity contribution in [2.45, 2.75) is 57.4 Å². The first-order valence-electron chi connectivity index (χ1n) is 9.28. The maximum absolute atomic E-state index is 12.7. The molecule has 132 valence electrons. The lowest BCUT2D eigenvalue weighted by atomic mass is 9.86. The minimum absolute atomic E-state index is 0.0710. The highest BCUT2D eigenvalue weighted by atomic mass is 16.3. The van der Waals surface area contributed by atoms with E-state index in [0.717, 1.165) is 29.5 Å². The van der Waals surface area contributed by atoms with Crippen LogP contribution in [-0.2, 0) is 4.79 Å². The molecule has 0 bridgehead atoms. The molecular weight excluding hydrogens is 310 g/mol. The van der Waals surface area contributed by atoms with Crippen molar-refractivity contribution in [2.24, 2.45) is 0 Å². The van der Waals surface area contributed by atoms with Crippen molar-refractivity contribution < 1.29 is 9.90 Å². The van der Waals surface area contributed by atoms with Crippen LogP contribution in [0.25, 0.3) is 0 Å². The van der Waals surface area contributed by atoms with Gasteiger partial charge in [0.05, 0.1) is 0 Å². The average molecular weight is 337 g/mol. The van der Waals surface area contributed by atoms with Gasteiger partial charge in [0.15, 0.2) is 0 Å². The monoisotopic (exact) mass is 337 g/mol. The minimum atomic E-state index is -0.135. The lowest BCUT2D eigenvalue weighted by molar-refractivity contribution is -0.122. The topological polar surface area (TPSA) is 49.3 Å². The van der Waals surface area contributed by atoms with E-state index in [1.807, 2.05) is 55.5 Å². The third-order valence-corrected chi connectivity index (χ3v) is 5.21. The van der Waals surface area contributed by atoms with Crippen LogP contribution in [0.3, 0.4) is 0 Å². The number of carbonyl (C=O) groups is 1. The molecule has 3 nitrogen and oxygen atoms in total. The first-order chi connectivity index (χ1) is 12.1. The summed E-state index contributed by atoms with van der Waals surface area (Å²) in [4.78, 5) is 12.7. The maximum Gasteiger partial charge on any atom is 0.221 e. The zero-order chi connectivity index (χ0) is 17.6. The third kappa shape index (κ3) is 4.41. The van der Waals surface area contributed by atoms with Crippen molar-refractivity contribution in [1.82, 2.24) is 5.32 Å². The molecular formula is C22H27NO2. The molecule has 2 aromatic carbocycles. The number of hydrogen-bond acceptors (Lipinski definition) is 2. The highest BCUT2D eigenvalue weighted by Crippen LogP contribution is 2.35. The Bertz CT molecular complexity index is 705.